The van der Waals surface area contributed by atoms with Crippen molar-refractivity contribution >= 4 is 5.91 Å². The van der Waals surface area contributed by atoms with Crippen LogP contribution in [0.3, 0.4) is 0 Å². The number of nitrogens with two attached hydrogens (primary N) is 1. The van der Waals surface area contributed by atoms with Crippen LogP contribution in [0.2, 0.25) is 0 Å². The summed E-state index contributed by atoms with van der Waals surface area (Å²) in [4.78, 5) is 12.4. The van der Waals surface area contributed by atoms with Gasteiger partial charge < -0.3 is 15.6 Å². The van der Waals surface area contributed by atoms with Crippen LogP contribution in [0.1, 0.15) is 51.6 Å². The van der Waals surface area contributed by atoms with Crippen LogP contribution in [0.15, 0.2) is 30.3 Å². The lowest BCUT2D eigenvalue weighted by Crippen LogP contribution is -2.23. The molecule has 1 saturated carbocycles. The van der Waals surface area contributed by atoms with Crippen molar-refractivity contribution < 1.29 is 4.79 Å². The zero-order valence-electron chi connectivity index (χ0n) is 13.2. The average Bonchev–Trinajstić information content (AvgIpc) is 3.33. The lowest BCUT2D eigenvalue weighted by atomic mass is 10.1. The van der Waals surface area contributed by atoms with Crippen LogP contribution in [0, 0.1) is 6.92 Å². The molecule has 3 rings (SSSR count). The van der Waals surface area contributed by atoms with Gasteiger partial charge in [0, 0.05) is 31.5 Å². The molecule has 2 aromatic rings. The molecule has 116 valence electrons. The van der Waals surface area contributed by atoms with E-state index in [2.05, 4.69) is 16.0 Å². The van der Waals surface area contributed by atoms with Crippen molar-refractivity contribution in [3.63, 3.8) is 0 Å². The monoisotopic (exact) mass is 297 g/mol. The summed E-state index contributed by atoms with van der Waals surface area (Å²) in [6, 6.07) is 10.1. The number of nitrogens with zero attached hydrogens (tertiary/aromatic N) is 1. The van der Waals surface area contributed by atoms with Crippen LogP contribution in [0.5, 0.6) is 0 Å². The number of carbonyl (C=O) groups is 1. The fraction of sp³-hybridized carbons (Fsp3) is 0.389. The summed E-state index contributed by atoms with van der Waals surface area (Å²) in [6.07, 6.45) is 2.48. The summed E-state index contributed by atoms with van der Waals surface area (Å²) >= 11 is 0. The van der Waals surface area contributed by atoms with E-state index in [0.717, 1.165) is 22.4 Å². The van der Waals surface area contributed by atoms with Crippen molar-refractivity contribution in [1.29, 1.82) is 0 Å². The summed E-state index contributed by atoms with van der Waals surface area (Å²) in [5.41, 5.74) is 10.9. The predicted octanol–water partition coefficient (Wildman–Crippen LogP) is 2.60. The fourth-order valence-electron chi connectivity index (χ4n) is 2.79. The third-order valence-corrected chi connectivity index (χ3v) is 4.52. The Balaban J connectivity index is 1.67. The average molecular weight is 297 g/mol. The maximum Gasteiger partial charge on any atom is 0.253 e. The molecule has 1 aliphatic carbocycles. The van der Waals surface area contributed by atoms with E-state index < -0.39 is 0 Å². The second-order valence-corrected chi connectivity index (χ2v) is 6.10. The fourth-order valence-corrected chi connectivity index (χ4v) is 2.79. The van der Waals surface area contributed by atoms with E-state index in [4.69, 9.17) is 5.73 Å². The van der Waals surface area contributed by atoms with E-state index in [9.17, 15) is 4.79 Å². The second-order valence-electron chi connectivity index (χ2n) is 6.10. The van der Waals surface area contributed by atoms with Crippen molar-refractivity contribution in [2.45, 2.75) is 38.8 Å². The summed E-state index contributed by atoms with van der Waals surface area (Å²) in [5, 5.41) is 3.01. The standard InChI is InChI=1S/C18H23N3O/c1-12-16(9-17(21(12)2)15-7-8-15)18(22)20-11-14-5-3-13(10-19)4-6-14/h3-6,9,15H,7-8,10-11,19H2,1-2H3,(H,20,22). The lowest BCUT2D eigenvalue weighted by Gasteiger charge is -2.06. The van der Waals surface area contributed by atoms with E-state index in [0.29, 0.717) is 19.0 Å². The molecule has 4 nitrogen and oxygen atoms in total. The first-order chi connectivity index (χ1) is 10.6. The number of rotatable bonds is 5. The highest BCUT2D eigenvalue weighted by Crippen LogP contribution is 2.41. The van der Waals surface area contributed by atoms with E-state index in [1.165, 1.54) is 18.5 Å². The Morgan fingerprint density at radius 2 is 1.91 bits per heavy atom. The van der Waals surface area contributed by atoms with Crippen LogP contribution in [0.25, 0.3) is 0 Å². The molecule has 1 aromatic heterocycles. The number of benzene rings is 1. The van der Waals surface area contributed by atoms with Crippen LogP contribution < -0.4 is 11.1 Å². The zero-order valence-corrected chi connectivity index (χ0v) is 13.2. The maximum absolute atomic E-state index is 12.4. The molecular formula is C18H23N3O. The largest absolute Gasteiger partial charge is 0.351 e. The van der Waals surface area contributed by atoms with E-state index >= 15 is 0 Å². The first-order valence-electron chi connectivity index (χ1n) is 7.82. The molecule has 0 saturated heterocycles. The lowest BCUT2D eigenvalue weighted by molar-refractivity contribution is 0.0950. The number of amides is 1. The molecule has 0 aliphatic heterocycles. The van der Waals surface area contributed by atoms with Crippen LogP contribution >= 0.6 is 0 Å². The van der Waals surface area contributed by atoms with Crippen molar-refractivity contribution in [3.05, 3.63) is 58.4 Å². The van der Waals surface area contributed by atoms with Crippen LogP contribution in [-0.4, -0.2) is 10.5 Å². The molecule has 1 aromatic carbocycles. The normalized spacial score (nSPS) is 14.1. The highest BCUT2D eigenvalue weighted by molar-refractivity contribution is 5.95. The Bertz CT molecular complexity index is 681. The number of hydrogen-bond donors (Lipinski definition) is 2. The third kappa shape index (κ3) is 2.92. The van der Waals surface area contributed by atoms with Gasteiger partial charge in [0.15, 0.2) is 0 Å². The number of hydrogen-bond acceptors (Lipinski definition) is 2. The molecule has 3 N–H and O–H groups in total. The highest BCUT2D eigenvalue weighted by atomic mass is 16.1. The number of aromatic nitrogens is 1. The Morgan fingerprint density at radius 3 is 2.50 bits per heavy atom. The van der Waals surface area contributed by atoms with Crippen LogP contribution in [-0.2, 0) is 20.1 Å². The minimum Gasteiger partial charge on any atom is -0.351 e. The molecule has 22 heavy (non-hydrogen) atoms. The molecule has 1 fully saturated rings. The minimum absolute atomic E-state index is 0.00269. The van der Waals surface area contributed by atoms with Gasteiger partial charge in [0.2, 0.25) is 0 Å². The number of nitrogens with one attached hydrogen (secondary N) is 1. The molecule has 1 aliphatic rings. The minimum atomic E-state index is 0.00269. The smallest absolute Gasteiger partial charge is 0.253 e. The third-order valence-electron chi connectivity index (χ3n) is 4.52. The topological polar surface area (TPSA) is 60.1 Å². The molecule has 0 atom stereocenters. The van der Waals surface area contributed by atoms with Gasteiger partial charge >= 0.3 is 0 Å². The number of carbonyl (C=O) groups excluding carboxylic acids is 1. The van der Waals surface area contributed by atoms with Crippen molar-refractivity contribution in [2.75, 3.05) is 0 Å². The molecule has 0 unspecified atom stereocenters. The van der Waals surface area contributed by atoms with Gasteiger partial charge in [-0.2, -0.15) is 0 Å². The Kier molecular flexibility index (Phi) is 4.03. The van der Waals surface area contributed by atoms with Crippen LogP contribution in [0.4, 0.5) is 0 Å². The molecule has 1 heterocycles. The molecule has 4 heteroatoms. The van der Waals surface area contributed by atoms with Gasteiger partial charge in [-0.05, 0) is 42.9 Å². The highest BCUT2D eigenvalue weighted by Gasteiger charge is 2.28. The van der Waals surface area contributed by atoms with E-state index in [-0.39, 0.29) is 5.91 Å². The van der Waals surface area contributed by atoms with Gasteiger partial charge in [0.05, 0.1) is 5.56 Å². The SMILES string of the molecule is Cc1c(C(=O)NCc2ccc(CN)cc2)cc(C2CC2)n1C. The van der Waals surface area contributed by atoms with E-state index in [1.807, 2.05) is 38.2 Å². The Morgan fingerprint density at radius 1 is 1.27 bits per heavy atom. The van der Waals surface area contributed by atoms with Gasteiger partial charge in [-0.25, -0.2) is 0 Å². The molecular weight excluding hydrogens is 274 g/mol. The summed E-state index contributed by atoms with van der Waals surface area (Å²) in [5.74, 6) is 0.650. The first-order valence-corrected chi connectivity index (χ1v) is 7.82. The Labute approximate surface area is 131 Å². The summed E-state index contributed by atoms with van der Waals surface area (Å²) in [7, 11) is 2.05. The van der Waals surface area contributed by atoms with Gasteiger partial charge in [0.25, 0.3) is 5.91 Å². The first kappa shape index (κ1) is 14.9. The van der Waals surface area contributed by atoms with Crippen molar-refractivity contribution in [2.24, 2.45) is 12.8 Å². The maximum atomic E-state index is 12.4. The van der Waals surface area contributed by atoms with Gasteiger partial charge in [-0.1, -0.05) is 24.3 Å². The molecule has 0 bridgehead atoms. The summed E-state index contributed by atoms with van der Waals surface area (Å²) in [6.45, 7) is 3.09. The van der Waals surface area contributed by atoms with Crippen molar-refractivity contribution in [1.82, 2.24) is 9.88 Å². The second kappa shape index (κ2) is 5.97. The Hall–Kier alpha value is -2.07. The molecule has 0 spiro atoms. The predicted molar refractivity (Wildman–Crippen MR) is 87.6 cm³/mol. The van der Waals surface area contributed by atoms with Crippen molar-refractivity contribution in [3.8, 4) is 0 Å². The molecule has 0 radical (unpaired) electrons. The van der Waals surface area contributed by atoms with Gasteiger partial charge in [-0.15, -0.1) is 0 Å². The zero-order chi connectivity index (χ0) is 15.7. The quantitative estimate of drug-likeness (QED) is 0.891. The van der Waals surface area contributed by atoms with Gasteiger partial charge in [0.1, 0.15) is 0 Å². The van der Waals surface area contributed by atoms with Gasteiger partial charge in [-0.3, -0.25) is 4.79 Å². The molecule has 1 amide bonds. The van der Waals surface area contributed by atoms with E-state index in [1.54, 1.807) is 0 Å². The summed E-state index contributed by atoms with van der Waals surface area (Å²) < 4.78 is 2.16.